The van der Waals surface area contributed by atoms with E-state index in [-0.39, 0.29) is 11.9 Å². The summed E-state index contributed by atoms with van der Waals surface area (Å²) >= 11 is 0. The topological polar surface area (TPSA) is 102 Å². The quantitative estimate of drug-likeness (QED) is 0.583. The van der Waals surface area contributed by atoms with E-state index in [1.54, 1.807) is 31.2 Å². The molecule has 0 aliphatic carbocycles. The molecule has 0 aliphatic rings. The first-order valence-corrected chi connectivity index (χ1v) is 6.94. The highest BCUT2D eigenvalue weighted by Gasteiger charge is 2.12. The van der Waals surface area contributed by atoms with Gasteiger partial charge >= 0.3 is 10.4 Å². The average molecular weight is 282 g/mol. The van der Waals surface area contributed by atoms with Crippen LogP contribution >= 0.6 is 0 Å². The van der Waals surface area contributed by atoms with Crippen LogP contribution in [-0.2, 0) is 10.4 Å². The van der Waals surface area contributed by atoms with Crippen molar-refractivity contribution in [2.24, 2.45) is 5.73 Å². The first-order valence-electron chi connectivity index (χ1n) is 5.57. The number of nitrogens with two attached hydrogens (primary N) is 1. The van der Waals surface area contributed by atoms with Crippen LogP contribution in [0.25, 0.3) is 10.8 Å². The predicted molar refractivity (Wildman–Crippen MR) is 73.4 cm³/mol. The smallest absolute Gasteiger partial charge is 0.370 e. The van der Waals surface area contributed by atoms with Gasteiger partial charge in [0, 0.05) is 16.5 Å². The molecule has 0 fully saturated rings. The zero-order valence-electron chi connectivity index (χ0n) is 10.2. The van der Waals surface area contributed by atoms with Gasteiger partial charge in [0.05, 0.1) is 6.17 Å². The van der Waals surface area contributed by atoms with Crippen LogP contribution in [0.15, 0.2) is 36.4 Å². The lowest BCUT2D eigenvalue weighted by atomic mass is 10.1. The number of rotatable bonds is 4. The summed E-state index contributed by atoms with van der Waals surface area (Å²) in [7, 11) is -4.55. The van der Waals surface area contributed by atoms with Crippen LogP contribution in [0.2, 0.25) is 0 Å². The predicted octanol–water partition coefficient (Wildman–Crippen LogP) is 1.74. The van der Waals surface area contributed by atoms with E-state index in [2.05, 4.69) is 9.50 Å². The van der Waals surface area contributed by atoms with Gasteiger partial charge in [-0.1, -0.05) is 24.3 Å². The van der Waals surface area contributed by atoms with Crippen molar-refractivity contribution >= 4 is 26.9 Å². The minimum atomic E-state index is -4.55. The van der Waals surface area contributed by atoms with Gasteiger partial charge in [0.25, 0.3) is 0 Å². The van der Waals surface area contributed by atoms with Crippen LogP contribution in [0.1, 0.15) is 6.92 Å². The average Bonchev–Trinajstić information content (AvgIpc) is 2.27. The summed E-state index contributed by atoms with van der Waals surface area (Å²) in [6.07, 6.45) is -0.253. The molecule has 0 aliphatic heterocycles. The Morgan fingerprint density at radius 1 is 1.21 bits per heavy atom. The Balaban J connectivity index is 2.57. The Hall–Kier alpha value is -1.83. The Bertz CT molecular complexity index is 698. The molecule has 2 rings (SSSR count). The summed E-state index contributed by atoms with van der Waals surface area (Å²) in [6.45, 7) is 1.79. The molecule has 1 atom stereocenters. The van der Waals surface area contributed by atoms with Gasteiger partial charge in [-0.25, -0.2) is 0 Å². The third kappa shape index (κ3) is 3.34. The van der Waals surface area contributed by atoms with Crippen molar-refractivity contribution in [2.75, 3.05) is 5.32 Å². The van der Waals surface area contributed by atoms with Crippen molar-refractivity contribution < 1.29 is 17.2 Å². The van der Waals surface area contributed by atoms with Crippen LogP contribution in [-0.4, -0.2) is 19.1 Å². The molecule has 0 aromatic heterocycles. The lowest BCUT2D eigenvalue weighted by Gasteiger charge is -2.14. The highest BCUT2D eigenvalue weighted by molar-refractivity contribution is 7.81. The SMILES string of the molecule is CC(N)Nc1cccc2c(OS(=O)(=O)O)cccc12. The molecule has 2 aromatic carbocycles. The zero-order valence-corrected chi connectivity index (χ0v) is 11.0. The largest absolute Gasteiger partial charge is 0.446 e. The van der Waals surface area contributed by atoms with E-state index in [1.807, 2.05) is 6.07 Å². The molecule has 2 aromatic rings. The van der Waals surface area contributed by atoms with Gasteiger partial charge in [-0.2, -0.15) is 8.42 Å². The maximum atomic E-state index is 10.8. The second-order valence-electron chi connectivity index (χ2n) is 4.10. The third-order valence-corrected chi connectivity index (χ3v) is 2.85. The Kier molecular flexibility index (Phi) is 3.61. The summed E-state index contributed by atoms with van der Waals surface area (Å²) in [5, 5.41) is 4.36. The molecule has 0 radical (unpaired) electrons. The molecular weight excluding hydrogens is 268 g/mol. The first-order chi connectivity index (χ1) is 8.87. The summed E-state index contributed by atoms with van der Waals surface area (Å²) in [6, 6.07) is 10.2. The molecule has 0 heterocycles. The van der Waals surface area contributed by atoms with Gasteiger partial charge in [-0.15, -0.1) is 0 Å². The number of nitrogens with one attached hydrogen (secondary N) is 1. The van der Waals surface area contributed by atoms with Crippen molar-refractivity contribution in [3.8, 4) is 5.75 Å². The standard InChI is InChI=1S/C12H14N2O4S/c1-8(13)14-11-6-2-5-10-9(11)4-3-7-12(10)18-19(15,16)17/h2-8,14H,13H2,1H3,(H,15,16,17). The fourth-order valence-electron chi connectivity index (χ4n) is 1.84. The molecule has 4 N–H and O–H groups in total. The molecule has 6 nitrogen and oxygen atoms in total. The van der Waals surface area contributed by atoms with Crippen molar-refractivity contribution in [3.05, 3.63) is 36.4 Å². The Labute approximate surface area is 111 Å². The van der Waals surface area contributed by atoms with E-state index >= 15 is 0 Å². The molecule has 102 valence electrons. The van der Waals surface area contributed by atoms with Crippen molar-refractivity contribution in [3.63, 3.8) is 0 Å². The number of anilines is 1. The molecule has 0 saturated carbocycles. The van der Waals surface area contributed by atoms with Crippen LogP contribution in [0.4, 0.5) is 5.69 Å². The van der Waals surface area contributed by atoms with Crippen molar-refractivity contribution in [2.45, 2.75) is 13.1 Å². The molecule has 1 unspecified atom stereocenters. The van der Waals surface area contributed by atoms with E-state index < -0.39 is 10.4 Å². The second kappa shape index (κ2) is 5.04. The number of benzene rings is 2. The fourth-order valence-corrected chi connectivity index (χ4v) is 2.21. The Morgan fingerprint density at radius 3 is 2.47 bits per heavy atom. The second-order valence-corrected chi connectivity index (χ2v) is 5.12. The number of hydrogen-bond donors (Lipinski definition) is 3. The molecule has 0 spiro atoms. The third-order valence-electron chi connectivity index (χ3n) is 2.46. The molecule has 0 bridgehead atoms. The van der Waals surface area contributed by atoms with Gasteiger partial charge in [0.15, 0.2) is 5.75 Å². The van der Waals surface area contributed by atoms with Gasteiger partial charge in [0.2, 0.25) is 0 Å². The van der Waals surface area contributed by atoms with Crippen LogP contribution in [0.3, 0.4) is 0 Å². The molecular formula is C12H14N2O4S. The van der Waals surface area contributed by atoms with Gasteiger partial charge in [-0.05, 0) is 19.1 Å². The van der Waals surface area contributed by atoms with Gasteiger partial charge in [-0.3, -0.25) is 4.55 Å². The summed E-state index contributed by atoms with van der Waals surface area (Å²) in [5.41, 5.74) is 6.43. The molecule has 0 amide bonds. The van der Waals surface area contributed by atoms with E-state index in [0.29, 0.717) is 5.39 Å². The number of fused-ring (bicyclic) bond motifs is 1. The first kappa shape index (κ1) is 13.6. The van der Waals surface area contributed by atoms with E-state index in [0.717, 1.165) is 11.1 Å². The summed E-state index contributed by atoms with van der Waals surface area (Å²) in [4.78, 5) is 0. The summed E-state index contributed by atoms with van der Waals surface area (Å²) < 4.78 is 34.9. The Morgan fingerprint density at radius 2 is 1.84 bits per heavy atom. The highest BCUT2D eigenvalue weighted by atomic mass is 32.3. The van der Waals surface area contributed by atoms with Crippen molar-refractivity contribution in [1.29, 1.82) is 0 Å². The minimum absolute atomic E-state index is 0.0633. The minimum Gasteiger partial charge on any atom is -0.370 e. The van der Waals surface area contributed by atoms with E-state index in [1.165, 1.54) is 6.07 Å². The van der Waals surface area contributed by atoms with Crippen molar-refractivity contribution in [1.82, 2.24) is 0 Å². The molecule has 19 heavy (non-hydrogen) atoms. The number of hydrogen-bond acceptors (Lipinski definition) is 5. The highest BCUT2D eigenvalue weighted by Crippen LogP contribution is 2.31. The maximum Gasteiger partial charge on any atom is 0.446 e. The van der Waals surface area contributed by atoms with Crippen LogP contribution < -0.4 is 15.2 Å². The van der Waals surface area contributed by atoms with Gasteiger partial charge < -0.3 is 15.2 Å². The lowest BCUT2D eigenvalue weighted by molar-refractivity contribution is 0.388. The van der Waals surface area contributed by atoms with Crippen LogP contribution in [0, 0.1) is 0 Å². The monoisotopic (exact) mass is 282 g/mol. The fraction of sp³-hybridized carbons (Fsp3) is 0.167. The normalized spacial score (nSPS) is 13.2. The van der Waals surface area contributed by atoms with Crippen LogP contribution in [0.5, 0.6) is 5.75 Å². The summed E-state index contributed by atoms with van der Waals surface area (Å²) in [5.74, 6) is 0.0633. The zero-order chi connectivity index (χ0) is 14.0. The molecule has 0 saturated heterocycles. The lowest BCUT2D eigenvalue weighted by Crippen LogP contribution is -2.25. The van der Waals surface area contributed by atoms with E-state index in [4.69, 9.17) is 10.3 Å². The maximum absolute atomic E-state index is 10.8. The molecule has 7 heteroatoms. The van der Waals surface area contributed by atoms with E-state index in [9.17, 15) is 8.42 Å². The van der Waals surface area contributed by atoms with Gasteiger partial charge in [0.1, 0.15) is 0 Å².